The largest absolute Gasteiger partial charge is 0.309 e. The molecule has 1 aliphatic carbocycles. The van der Waals surface area contributed by atoms with Crippen molar-refractivity contribution in [2.45, 2.75) is 0 Å². The maximum absolute atomic E-state index is 2.49. The lowest BCUT2D eigenvalue weighted by Crippen LogP contribution is -1.95. The molecule has 0 saturated heterocycles. The van der Waals surface area contributed by atoms with Gasteiger partial charge in [0.25, 0.3) is 0 Å². The highest BCUT2D eigenvalue weighted by Crippen LogP contribution is 2.54. The minimum atomic E-state index is 1.18. The molecule has 0 fully saturated rings. The van der Waals surface area contributed by atoms with Gasteiger partial charge in [0.05, 0.1) is 27.8 Å². The molecule has 9 aromatic carbocycles. The maximum atomic E-state index is 2.49. The SMILES string of the molecule is c1ccc(-n2c3ccccc3c3cc(-c4ccc5c(c4)c4ccccc4n5-c4ccc5c6c(cccc46)-c4c-5ccc5sc6ccccc6c45)ccc32)cc1. The molecule has 13 rings (SSSR count). The summed E-state index contributed by atoms with van der Waals surface area (Å²) >= 11 is 1.89. The Balaban J connectivity index is 1.02. The van der Waals surface area contributed by atoms with Crippen molar-refractivity contribution in [2.75, 3.05) is 0 Å². The van der Waals surface area contributed by atoms with Crippen LogP contribution in [0.5, 0.6) is 0 Å². The molecule has 1 aliphatic rings. The average Bonchev–Trinajstić information content (AvgIpc) is 3.98. The third-order valence-corrected chi connectivity index (χ3v) is 13.2. The van der Waals surface area contributed by atoms with Crippen LogP contribution in [0.4, 0.5) is 0 Å². The summed E-state index contributed by atoms with van der Waals surface area (Å²) in [7, 11) is 0. The number of para-hydroxylation sites is 3. The van der Waals surface area contributed by atoms with Crippen molar-refractivity contribution >= 4 is 85.9 Å². The Kier molecular flexibility index (Phi) is 5.80. The number of benzene rings is 9. The summed E-state index contributed by atoms with van der Waals surface area (Å²) in [5.74, 6) is 0. The van der Waals surface area contributed by atoms with Crippen LogP contribution in [0, 0.1) is 0 Å². The normalized spacial score (nSPS) is 12.4. The van der Waals surface area contributed by atoms with Crippen LogP contribution < -0.4 is 0 Å². The zero-order valence-electron chi connectivity index (χ0n) is 29.6. The molecule has 0 aliphatic heterocycles. The molecule has 55 heavy (non-hydrogen) atoms. The molecule has 3 heterocycles. The van der Waals surface area contributed by atoms with E-state index in [-0.39, 0.29) is 0 Å². The van der Waals surface area contributed by atoms with Gasteiger partial charge in [0.1, 0.15) is 0 Å². The highest BCUT2D eigenvalue weighted by atomic mass is 32.1. The van der Waals surface area contributed by atoms with Gasteiger partial charge < -0.3 is 9.13 Å². The number of fused-ring (bicyclic) bond motifs is 13. The van der Waals surface area contributed by atoms with E-state index >= 15 is 0 Å². The molecule has 0 bridgehead atoms. The number of hydrogen-bond donors (Lipinski definition) is 0. The molecule has 0 atom stereocenters. The van der Waals surface area contributed by atoms with Crippen molar-refractivity contribution in [3.8, 4) is 44.8 Å². The van der Waals surface area contributed by atoms with Gasteiger partial charge >= 0.3 is 0 Å². The summed E-state index contributed by atoms with van der Waals surface area (Å²) in [6, 6.07) is 67.5. The van der Waals surface area contributed by atoms with Crippen LogP contribution in [0.1, 0.15) is 0 Å². The monoisotopic (exact) mass is 714 g/mol. The van der Waals surface area contributed by atoms with Crippen molar-refractivity contribution in [1.82, 2.24) is 9.13 Å². The van der Waals surface area contributed by atoms with Gasteiger partial charge in [-0.25, -0.2) is 0 Å². The van der Waals surface area contributed by atoms with E-state index in [4.69, 9.17) is 0 Å². The van der Waals surface area contributed by atoms with Gasteiger partial charge in [-0.05, 0) is 105 Å². The summed E-state index contributed by atoms with van der Waals surface area (Å²) < 4.78 is 7.57. The Morgan fingerprint density at radius 2 is 0.927 bits per heavy atom. The first-order valence-corrected chi connectivity index (χ1v) is 19.8. The molecule has 3 aromatic heterocycles. The fraction of sp³-hybridized carbons (Fsp3) is 0. The Bertz CT molecular complexity index is 3600. The van der Waals surface area contributed by atoms with Gasteiger partial charge in [0.15, 0.2) is 0 Å². The number of thiophene rings is 1. The highest BCUT2D eigenvalue weighted by molar-refractivity contribution is 7.26. The Morgan fingerprint density at radius 1 is 0.327 bits per heavy atom. The van der Waals surface area contributed by atoms with E-state index in [2.05, 4.69) is 191 Å². The Morgan fingerprint density at radius 3 is 1.69 bits per heavy atom. The van der Waals surface area contributed by atoms with Gasteiger partial charge in [0, 0.05) is 52.8 Å². The second-order valence-electron chi connectivity index (χ2n) is 14.8. The van der Waals surface area contributed by atoms with Crippen LogP contribution in [0.3, 0.4) is 0 Å². The lowest BCUT2D eigenvalue weighted by molar-refractivity contribution is 1.18. The van der Waals surface area contributed by atoms with Crippen molar-refractivity contribution in [3.05, 3.63) is 182 Å². The summed E-state index contributed by atoms with van der Waals surface area (Å²) in [6.45, 7) is 0. The average molecular weight is 715 g/mol. The van der Waals surface area contributed by atoms with Crippen molar-refractivity contribution in [2.24, 2.45) is 0 Å². The van der Waals surface area contributed by atoms with Crippen LogP contribution in [0.15, 0.2) is 182 Å². The zero-order valence-corrected chi connectivity index (χ0v) is 30.4. The highest BCUT2D eigenvalue weighted by Gasteiger charge is 2.27. The third-order valence-electron chi connectivity index (χ3n) is 12.1. The molecule has 0 radical (unpaired) electrons. The first kappa shape index (κ1) is 29.5. The predicted octanol–water partition coefficient (Wildman–Crippen LogP) is 14.7. The topological polar surface area (TPSA) is 9.86 Å². The molecule has 0 amide bonds. The number of hydrogen-bond acceptors (Lipinski definition) is 1. The van der Waals surface area contributed by atoms with Crippen LogP contribution in [0.2, 0.25) is 0 Å². The smallest absolute Gasteiger partial charge is 0.0541 e. The van der Waals surface area contributed by atoms with Gasteiger partial charge in [0.2, 0.25) is 0 Å². The Hall–Kier alpha value is -6.94. The van der Waals surface area contributed by atoms with Gasteiger partial charge in [-0.1, -0.05) is 115 Å². The second-order valence-corrected chi connectivity index (χ2v) is 15.9. The van der Waals surface area contributed by atoms with Gasteiger partial charge in [-0.2, -0.15) is 0 Å². The molecule has 0 N–H and O–H groups in total. The lowest BCUT2D eigenvalue weighted by atomic mass is 9.98. The molecule has 0 saturated carbocycles. The first-order valence-electron chi connectivity index (χ1n) is 18.9. The molecular formula is C52H30N2S. The Labute approximate surface area is 320 Å². The number of nitrogens with zero attached hydrogens (tertiary/aromatic N) is 2. The van der Waals surface area contributed by atoms with E-state index in [9.17, 15) is 0 Å². The van der Waals surface area contributed by atoms with Crippen LogP contribution in [0.25, 0.3) is 119 Å². The standard InChI is InChI=1S/C52H30N2S/c1-2-11-33(12-3-1)53-43-18-7-4-13-34(43)41-29-31(21-25-46(41)53)32-22-26-47-42(30-32)35-14-5-8-19-44(35)54(47)45-27-23-36-37-24-28-49-52(39-15-6-9-20-48(39)55-49)51(37)40-17-10-16-38(45)50(36)40/h1-30H. The van der Waals surface area contributed by atoms with Crippen LogP contribution in [-0.2, 0) is 0 Å². The van der Waals surface area contributed by atoms with E-state index in [0.717, 1.165) is 0 Å². The second kappa shape index (κ2) is 10.8. The van der Waals surface area contributed by atoms with Crippen molar-refractivity contribution in [1.29, 1.82) is 0 Å². The maximum Gasteiger partial charge on any atom is 0.0541 e. The molecule has 0 unspecified atom stereocenters. The van der Waals surface area contributed by atoms with E-state index in [0.29, 0.717) is 0 Å². The molecule has 12 aromatic rings. The van der Waals surface area contributed by atoms with E-state index in [1.807, 2.05) is 11.3 Å². The molecule has 0 spiro atoms. The lowest BCUT2D eigenvalue weighted by Gasteiger charge is -2.13. The molecule has 2 nitrogen and oxygen atoms in total. The summed E-state index contributed by atoms with van der Waals surface area (Å²) in [4.78, 5) is 0. The fourth-order valence-corrected chi connectivity index (χ4v) is 10.9. The molecule has 3 heteroatoms. The number of rotatable bonds is 3. The third kappa shape index (κ3) is 3.92. The summed E-state index contributed by atoms with van der Waals surface area (Å²) in [6.07, 6.45) is 0. The zero-order chi connectivity index (χ0) is 35.8. The minimum absolute atomic E-state index is 1.18. The molecule has 254 valence electrons. The summed E-state index contributed by atoms with van der Waals surface area (Å²) in [5, 5.41) is 10.4. The first-order chi connectivity index (χ1) is 27.3. The van der Waals surface area contributed by atoms with Gasteiger partial charge in [-0.15, -0.1) is 11.3 Å². The van der Waals surface area contributed by atoms with Gasteiger partial charge in [-0.3, -0.25) is 0 Å². The molecular weight excluding hydrogens is 685 g/mol. The fourth-order valence-electron chi connectivity index (χ4n) is 9.76. The van der Waals surface area contributed by atoms with Crippen LogP contribution >= 0.6 is 11.3 Å². The number of aromatic nitrogens is 2. The quantitative estimate of drug-likeness (QED) is 0.172. The van der Waals surface area contributed by atoms with Crippen molar-refractivity contribution in [3.63, 3.8) is 0 Å². The van der Waals surface area contributed by atoms with E-state index in [1.54, 1.807) is 0 Å². The summed E-state index contributed by atoms with van der Waals surface area (Å²) in [5.41, 5.74) is 15.1. The van der Waals surface area contributed by atoms with Crippen LogP contribution in [-0.4, -0.2) is 9.13 Å². The van der Waals surface area contributed by atoms with E-state index < -0.39 is 0 Å². The minimum Gasteiger partial charge on any atom is -0.309 e. The van der Waals surface area contributed by atoms with Crippen molar-refractivity contribution < 1.29 is 0 Å². The predicted molar refractivity (Wildman–Crippen MR) is 235 cm³/mol. The van der Waals surface area contributed by atoms with E-state index in [1.165, 1.54) is 119 Å².